The first kappa shape index (κ1) is 26.9. The molecule has 2 aromatic rings. The summed E-state index contributed by atoms with van der Waals surface area (Å²) in [6.07, 6.45) is -9.00. The Morgan fingerprint density at radius 3 is 1.89 bits per heavy atom. The van der Waals surface area contributed by atoms with E-state index in [-0.39, 0.29) is 12.1 Å². The van der Waals surface area contributed by atoms with E-state index in [1.807, 2.05) is 12.1 Å². The molecule has 36 heavy (non-hydrogen) atoms. The monoisotopic (exact) mass is 536 g/mol. The van der Waals surface area contributed by atoms with Crippen molar-refractivity contribution in [1.29, 1.82) is 0 Å². The Bertz CT molecular complexity index is 1200. The Morgan fingerprint density at radius 2 is 1.44 bits per heavy atom. The number of aliphatic hydroxyl groups is 1. The summed E-state index contributed by atoms with van der Waals surface area (Å²) in [5.74, 6) is 0. The summed E-state index contributed by atoms with van der Waals surface area (Å²) >= 11 is 0. The summed E-state index contributed by atoms with van der Waals surface area (Å²) in [4.78, 5) is 2.20. The topological polar surface area (TPSA) is 60.9 Å². The molecule has 0 saturated carbocycles. The van der Waals surface area contributed by atoms with Crippen molar-refractivity contribution in [3.8, 4) is 11.1 Å². The molecule has 2 aromatic carbocycles. The molecule has 0 aliphatic carbocycles. The van der Waals surface area contributed by atoms with Crippen LogP contribution in [0.2, 0.25) is 0 Å². The average molecular weight is 537 g/mol. The maximum absolute atomic E-state index is 13.1. The van der Waals surface area contributed by atoms with Gasteiger partial charge < -0.3 is 5.11 Å². The normalized spacial score (nSPS) is 22.2. The van der Waals surface area contributed by atoms with E-state index >= 15 is 0 Å². The SMILES string of the molecule is Cc1cc(CN2CC3CCC(C2)N3S(C)(=O)=O)ccc1-c1ccc(C(O)(C(F)(F)F)C(F)(F)F)cc1. The predicted molar refractivity (Wildman–Crippen MR) is 121 cm³/mol. The molecule has 1 N–H and O–H groups in total. The molecular weight excluding hydrogens is 510 g/mol. The van der Waals surface area contributed by atoms with Gasteiger partial charge in [-0.3, -0.25) is 4.90 Å². The van der Waals surface area contributed by atoms with Gasteiger partial charge in [-0.15, -0.1) is 0 Å². The highest BCUT2D eigenvalue weighted by Crippen LogP contribution is 2.50. The second kappa shape index (κ2) is 9.00. The van der Waals surface area contributed by atoms with Gasteiger partial charge in [0.2, 0.25) is 10.0 Å². The quantitative estimate of drug-likeness (QED) is 0.569. The second-order valence-corrected chi connectivity index (χ2v) is 11.5. The molecule has 2 bridgehead atoms. The van der Waals surface area contributed by atoms with Gasteiger partial charge in [-0.25, -0.2) is 8.42 Å². The molecule has 5 nitrogen and oxygen atoms in total. The second-order valence-electron chi connectivity index (χ2n) is 9.60. The molecule has 0 radical (unpaired) electrons. The highest BCUT2D eigenvalue weighted by molar-refractivity contribution is 7.88. The first-order valence-corrected chi connectivity index (χ1v) is 13.1. The van der Waals surface area contributed by atoms with Crippen LogP contribution in [0.3, 0.4) is 0 Å². The Morgan fingerprint density at radius 1 is 0.917 bits per heavy atom. The average Bonchev–Trinajstić information content (AvgIpc) is 3.04. The van der Waals surface area contributed by atoms with Gasteiger partial charge in [0.05, 0.1) is 6.26 Å². The zero-order valence-corrected chi connectivity index (χ0v) is 20.4. The zero-order valence-electron chi connectivity index (χ0n) is 19.6. The maximum Gasteiger partial charge on any atom is 0.430 e. The fourth-order valence-corrected chi connectivity index (χ4v) is 6.83. The fraction of sp³-hybridized carbons (Fsp3) is 0.500. The van der Waals surface area contributed by atoms with Crippen molar-refractivity contribution in [3.05, 3.63) is 59.2 Å². The molecule has 2 saturated heterocycles. The van der Waals surface area contributed by atoms with Crippen LogP contribution in [0.15, 0.2) is 42.5 Å². The number of alkyl halides is 6. The Labute approximate surface area is 205 Å². The van der Waals surface area contributed by atoms with Crippen LogP contribution in [-0.2, 0) is 22.2 Å². The molecular formula is C24H26F6N2O3S. The molecule has 2 fully saturated rings. The highest BCUT2D eigenvalue weighted by Gasteiger charge is 2.71. The number of hydrogen-bond donors (Lipinski definition) is 1. The summed E-state index contributed by atoms with van der Waals surface area (Å²) in [6.45, 7) is 3.62. The summed E-state index contributed by atoms with van der Waals surface area (Å²) in [6, 6.07) is 8.92. The molecule has 0 aromatic heterocycles. The number of sulfonamides is 1. The third-order valence-electron chi connectivity index (χ3n) is 7.00. The van der Waals surface area contributed by atoms with Gasteiger partial charge in [0.15, 0.2) is 0 Å². The van der Waals surface area contributed by atoms with Crippen molar-refractivity contribution in [2.75, 3.05) is 19.3 Å². The lowest BCUT2D eigenvalue weighted by atomic mass is 9.90. The fourth-order valence-electron chi connectivity index (χ4n) is 5.41. The Kier molecular flexibility index (Phi) is 6.72. The minimum absolute atomic E-state index is 0.0512. The number of rotatable bonds is 5. The predicted octanol–water partition coefficient (Wildman–Crippen LogP) is 4.58. The number of benzene rings is 2. The van der Waals surface area contributed by atoms with Crippen LogP contribution in [-0.4, -0.2) is 66.5 Å². The van der Waals surface area contributed by atoms with E-state index < -0.39 is 33.5 Å². The van der Waals surface area contributed by atoms with Crippen molar-refractivity contribution >= 4 is 10.0 Å². The van der Waals surface area contributed by atoms with Gasteiger partial charge in [0.25, 0.3) is 5.60 Å². The number of fused-ring (bicyclic) bond motifs is 2. The third kappa shape index (κ3) is 4.75. The van der Waals surface area contributed by atoms with Gasteiger partial charge in [0, 0.05) is 37.3 Å². The molecule has 0 amide bonds. The van der Waals surface area contributed by atoms with Crippen LogP contribution in [0.4, 0.5) is 26.3 Å². The molecule has 2 heterocycles. The van der Waals surface area contributed by atoms with Crippen LogP contribution in [0, 0.1) is 6.92 Å². The van der Waals surface area contributed by atoms with Gasteiger partial charge >= 0.3 is 12.4 Å². The molecule has 2 aliphatic rings. The number of likely N-dealkylation sites (tertiary alicyclic amines) is 1. The smallest absolute Gasteiger partial charge is 0.369 e. The lowest BCUT2D eigenvalue weighted by molar-refractivity contribution is -0.376. The number of nitrogens with zero attached hydrogens (tertiary/aromatic N) is 2. The van der Waals surface area contributed by atoms with Crippen LogP contribution < -0.4 is 0 Å². The van der Waals surface area contributed by atoms with E-state index in [0.717, 1.165) is 36.1 Å². The Balaban J connectivity index is 1.51. The van der Waals surface area contributed by atoms with Gasteiger partial charge in [-0.05, 0) is 42.0 Å². The molecule has 4 rings (SSSR count). The standard InChI is InChI=1S/C24H26F6N2O3S/c1-15-11-16(12-31-13-19-8-9-20(14-31)32(19)36(2,34)35)3-10-21(15)17-4-6-18(7-5-17)22(33,23(25,26)27)24(28,29)30/h3-7,10-11,19-20,33H,8-9,12-14H2,1-2H3. The van der Waals surface area contributed by atoms with Crippen molar-refractivity contribution in [2.45, 2.75) is 56.3 Å². The summed E-state index contributed by atoms with van der Waals surface area (Å²) in [5, 5.41) is 9.58. The molecule has 2 aliphatic heterocycles. The number of piperazine rings is 1. The molecule has 2 unspecified atom stereocenters. The van der Waals surface area contributed by atoms with Crippen molar-refractivity contribution < 1.29 is 39.9 Å². The van der Waals surface area contributed by atoms with Crippen LogP contribution in [0.25, 0.3) is 11.1 Å². The maximum atomic E-state index is 13.1. The lowest BCUT2D eigenvalue weighted by Gasteiger charge is -2.39. The minimum Gasteiger partial charge on any atom is -0.369 e. The molecule has 0 spiro atoms. The first-order chi connectivity index (χ1) is 16.5. The van der Waals surface area contributed by atoms with E-state index in [0.29, 0.717) is 42.9 Å². The Hall–Kier alpha value is -2.15. The molecule has 198 valence electrons. The van der Waals surface area contributed by atoms with Crippen molar-refractivity contribution in [1.82, 2.24) is 9.21 Å². The highest BCUT2D eigenvalue weighted by atomic mass is 32.2. The number of aryl methyl sites for hydroxylation is 1. The largest absolute Gasteiger partial charge is 0.430 e. The summed E-state index contributed by atoms with van der Waals surface area (Å²) in [7, 11) is -3.26. The lowest BCUT2D eigenvalue weighted by Crippen LogP contribution is -2.54. The van der Waals surface area contributed by atoms with Crippen LogP contribution in [0.5, 0.6) is 0 Å². The zero-order chi connectivity index (χ0) is 26.7. The summed E-state index contributed by atoms with van der Waals surface area (Å²) in [5.41, 5.74) is -3.48. The number of hydrogen-bond acceptors (Lipinski definition) is 4. The molecule has 2 atom stereocenters. The van der Waals surface area contributed by atoms with E-state index in [1.165, 1.54) is 6.26 Å². The van der Waals surface area contributed by atoms with Gasteiger partial charge in [-0.1, -0.05) is 42.5 Å². The van der Waals surface area contributed by atoms with Crippen LogP contribution in [0.1, 0.15) is 29.5 Å². The van der Waals surface area contributed by atoms with Gasteiger partial charge in [0.1, 0.15) is 0 Å². The van der Waals surface area contributed by atoms with Crippen molar-refractivity contribution in [2.24, 2.45) is 0 Å². The van der Waals surface area contributed by atoms with E-state index in [9.17, 15) is 39.9 Å². The minimum atomic E-state index is -5.93. The van der Waals surface area contributed by atoms with Crippen molar-refractivity contribution in [3.63, 3.8) is 0 Å². The van der Waals surface area contributed by atoms with Crippen LogP contribution >= 0.6 is 0 Å². The van der Waals surface area contributed by atoms with E-state index in [1.54, 1.807) is 17.3 Å². The first-order valence-electron chi connectivity index (χ1n) is 11.3. The molecule has 12 heteroatoms. The van der Waals surface area contributed by atoms with E-state index in [4.69, 9.17) is 0 Å². The number of halogens is 6. The third-order valence-corrected chi connectivity index (χ3v) is 8.37. The van der Waals surface area contributed by atoms with E-state index in [2.05, 4.69) is 4.90 Å². The van der Waals surface area contributed by atoms with Gasteiger partial charge in [-0.2, -0.15) is 30.6 Å². The summed E-state index contributed by atoms with van der Waals surface area (Å²) < 4.78 is 105.